The van der Waals surface area contributed by atoms with Crippen LogP contribution in [0.5, 0.6) is 0 Å². The summed E-state index contributed by atoms with van der Waals surface area (Å²) in [5.74, 6) is 1.53. The van der Waals surface area contributed by atoms with Gasteiger partial charge in [0, 0.05) is 25.2 Å². The molecule has 0 aliphatic carbocycles. The summed E-state index contributed by atoms with van der Waals surface area (Å²) in [6, 6.07) is 1.40. The van der Waals surface area contributed by atoms with Crippen molar-refractivity contribution in [2.45, 2.75) is 59.0 Å². The van der Waals surface area contributed by atoms with Crippen LogP contribution in [0.3, 0.4) is 0 Å². The van der Waals surface area contributed by atoms with Crippen molar-refractivity contribution in [3.8, 4) is 0 Å². The van der Waals surface area contributed by atoms with E-state index >= 15 is 0 Å². The molecule has 3 unspecified atom stereocenters. The third kappa shape index (κ3) is 5.71. The normalized spacial score (nSPS) is 26.4. The standard InChI is InChI=1S/C17H37N3/c1-7-15(4)16-13-20(11-9-8-10-19(5)6)17(12-18-16)14(2)3/h14-18H,7-13H2,1-6H3. The maximum atomic E-state index is 3.79. The quantitative estimate of drug-likeness (QED) is 0.691. The molecule has 0 spiro atoms. The second kappa shape index (κ2) is 9.01. The van der Waals surface area contributed by atoms with E-state index < -0.39 is 0 Å². The van der Waals surface area contributed by atoms with Gasteiger partial charge in [0.15, 0.2) is 0 Å². The summed E-state index contributed by atoms with van der Waals surface area (Å²) >= 11 is 0. The third-order valence-electron chi connectivity index (χ3n) is 4.89. The summed E-state index contributed by atoms with van der Waals surface area (Å²) in [5, 5.41) is 3.79. The van der Waals surface area contributed by atoms with Crippen molar-refractivity contribution in [2.75, 3.05) is 40.3 Å². The maximum absolute atomic E-state index is 3.79. The molecule has 3 nitrogen and oxygen atoms in total. The Morgan fingerprint density at radius 1 is 1.20 bits per heavy atom. The number of hydrogen-bond donors (Lipinski definition) is 1. The van der Waals surface area contributed by atoms with Gasteiger partial charge in [0.05, 0.1) is 0 Å². The minimum absolute atomic E-state index is 0.684. The van der Waals surface area contributed by atoms with Crippen molar-refractivity contribution < 1.29 is 0 Å². The van der Waals surface area contributed by atoms with E-state index in [9.17, 15) is 0 Å². The van der Waals surface area contributed by atoms with E-state index in [1.165, 1.54) is 45.4 Å². The molecule has 0 bridgehead atoms. The molecule has 3 atom stereocenters. The highest BCUT2D eigenvalue weighted by Crippen LogP contribution is 2.20. The monoisotopic (exact) mass is 283 g/mol. The minimum atomic E-state index is 0.684. The van der Waals surface area contributed by atoms with Gasteiger partial charge in [-0.05, 0) is 51.9 Å². The number of piperazine rings is 1. The Balaban J connectivity index is 2.46. The largest absolute Gasteiger partial charge is 0.311 e. The van der Waals surface area contributed by atoms with Crippen molar-refractivity contribution in [3.05, 3.63) is 0 Å². The summed E-state index contributed by atoms with van der Waals surface area (Å²) in [7, 11) is 4.33. The van der Waals surface area contributed by atoms with Gasteiger partial charge in [-0.3, -0.25) is 4.90 Å². The van der Waals surface area contributed by atoms with Gasteiger partial charge in [0.25, 0.3) is 0 Å². The molecule has 0 aromatic rings. The average Bonchev–Trinajstić information content (AvgIpc) is 2.42. The van der Waals surface area contributed by atoms with Gasteiger partial charge in [-0.15, -0.1) is 0 Å². The van der Waals surface area contributed by atoms with Crippen LogP contribution in [0, 0.1) is 11.8 Å². The summed E-state index contributed by atoms with van der Waals surface area (Å²) in [6.45, 7) is 14.3. The van der Waals surface area contributed by atoms with E-state index in [0.29, 0.717) is 6.04 Å². The van der Waals surface area contributed by atoms with E-state index in [2.05, 4.69) is 56.9 Å². The molecule has 1 fully saturated rings. The predicted molar refractivity (Wildman–Crippen MR) is 89.2 cm³/mol. The molecule has 1 aliphatic heterocycles. The van der Waals surface area contributed by atoms with Crippen LogP contribution in [0.25, 0.3) is 0 Å². The van der Waals surface area contributed by atoms with Crippen LogP contribution in [-0.2, 0) is 0 Å². The molecule has 0 aromatic carbocycles. The van der Waals surface area contributed by atoms with Gasteiger partial charge < -0.3 is 10.2 Å². The Bertz CT molecular complexity index is 253. The fourth-order valence-electron chi connectivity index (χ4n) is 3.18. The molecule has 1 aliphatic rings. The highest BCUT2D eigenvalue weighted by molar-refractivity contribution is 4.89. The lowest BCUT2D eigenvalue weighted by Crippen LogP contribution is -2.60. The van der Waals surface area contributed by atoms with Gasteiger partial charge in [-0.25, -0.2) is 0 Å². The summed E-state index contributed by atoms with van der Waals surface area (Å²) < 4.78 is 0. The first-order chi connectivity index (χ1) is 9.45. The topological polar surface area (TPSA) is 18.5 Å². The van der Waals surface area contributed by atoms with Crippen molar-refractivity contribution in [2.24, 2.45) is 11.8 Å². The zero-order valence-electron chi connectivity index (χ0n) is 14.7. The summed E-state index contributed by atoms with van der Waals surface area (Å²) in [5.41, 5.74) is 0. The molecular weight excluding hydrogens is 246 g/mol. The van der Waals surface area contributed by atoms with Gasteiger partial charge >= 0.3 is 0 Å². The van der Waals surface area contributed by atoms with Crippen LogP contribution in [0.15, 0.2) is 0 Å². The first-order valence-electron chi connectivity index (χ1n) is 8.57. The van der Waals surface area contributed by atoms with Gasteiger partial charge in [0.1, 0.15) is 0 Å². The molecule has 1 N–H and O–H groups in total. The molecule has 0 aromatic heterocycles. The summed E-state index contributed by atoms with van der Waals surface area (Å²) in [6.07, 6.45) is 3.92. The molecule has 20 heavy (non-hydrogen) atoms. The SMILES string of the molecule is CCC(C)C1CN(CCCCN(C)C)C(C(C)C)CN1. The average molecular weight is 284 g/mol. The minimum Gasteiger partial charge on any atom is -0.311 e. The smallest absolute Gasteiger partial charge is 0.0244 e. The Morgan fingerprint density at radius 2 is 1.90 bits per heavy atom. The van der Waals surface area contributed by atoms with Gasteiger partial charge in [-0.2, -0.15) is 0 Å². The zero-order valence-corrected chi connectivity index (χ0v) is 14.7. The predicted octanol–water partition coefficient (Wildman–Crippen LogP) is 2.67. The van der Waals surface area contributed by atoms with E-state index in [1.54, 1.807) is 0 Å². The molecular formula is C17H37N3. The molecule has 3 heteroatoms. The van der Waals surface area contributed by atoms with Crippen LogP contribution in [0.1, 0.15) is 47.0 Å². The number of rotatable bonds is 8. The first kappa shape index (κ1) is 17.9. The lowest BCUT2D eigenvalue weighted by molar-refractivity contribution is 0.0799. The Morgan fingerprint density at radius 3 is 2.45 bits per heavy atom. The fraction of sp³-hybridized carbons (Fsp3) is 1.00. The molecule has 1 rings (SSSR count). The number of unbranched alkanes of at least 4 members (excludes halogenated alkanes) is 1. The fourth-order valence-corrected chi connectivity index (χ4v) is 3.18. The molecule has 1 saturated heterocycles. The van der Waals surface area contributed by atoms with E-state index in [0.717, 1.165) is 17.9 Å². The van der Waals surface area contributed by atoms with Crippen LogP contribution in [0.4, 0.5) is 0 Å². The summed E-state index contributed by atoms with van der Waals surface area (Å²) in [4.78, 5) is 5.05. The van der Waals surface area contributed by atoms with E-state index in [-0.39, 0.29) is 0 Å². The zero-order chi connectivity index (χ0) is 15.1. The van der Waals surface area contributed by atoms with Crippen LogP contribution >= 0.6 is 0 Å². The Kier molecular flexibility index (Phi) is 8.08. The number of nitrogens with zero attached hydrogens (tertiary/aromatic N) is 2. The first-order valence-corrected chi connectivity index (χ1v) is 8.57. The second-order valence-corrected chi connectivity index (χ2v) is 7.22. The second-order valence-electron chi connectivity index (χ2n) is 7.22. The van der Waals surface area contributed by atoms with Crippen molar-refractivity contribution >= 4 is 0 Å². The lowest BCUT2D eigenvalue weighted by atomic mass is 9.92. The molecule has 120 valence electrons. The van der Waals surface area contributed by atoms with Crippen LogP contribution in [0.2, 0.25) is 0 Å². The van der Waals surface area contributed by atoms with Crippen molar-refractivity contribution in [1.82, 2.24) is 15.1 Å². The third-order valence-corrected chi connectivity index (χ3v) is 4.89. The molecule has 1 heterocycles. The van der Waals surface area contributed by atoms with Crippen LogP contribution < -0.4 is 5.32 Å². The highest BCUT2D eigenvalue weighted by atomic mass is 15.2. The lowest BCUT2D eigenvalue weighted by Gasteiger charge is -2.44. The molecule has 0 amide bonds. The molecule has 0 radical (unpaired) electrons. The van der Waals surface area contributed by atoms with Crippen LogP contribution in [-0.4, -0.2) is 62.2 Å². The Hall–Kier alpha value is -0.120. The van der Waals surface area contributed by atoms with Gasteiger partial charge in [-0.1, -0.05) is 34.1 Å². The van der Waals surface area contributed by atoms with E-state index in [1.807, 2.05) is 0 Å². The Labute approximate surface area is 127 Å². The molecule has 0 saturated carbocycles. The maximum Gasteiger partial charge on any atom is 0.0244 e. The number of hydrogen-bond acceptors (Lipinski definition) is 3. The highest BCUT2D eigenvalue weighted by Gasteiger charge is 2.31. The van der Waals surface area contributed by atoms with Gasteiger partial charge in [0.2, 0.25) is 0 Å². The van der Waals surface area contributed by atoms with Crippen molar-refractivity contribution in [1.29, 1.82) is 0 Å². The van der Waals surface area contributed by atoms with Crippen molar-refractivity contribution in [3.63, 3.8) is 0 Å². The van der Waals surface area contributed by atoms with E-state index in [4.69, 9.17) is 0 Å². The number of nitrogens with one attached hydrogen (secondary N) is 1.